The Morgan fingerprint density at radius 3 is 2.59 bits per heavy atom. The van der Waals surface area contributed by atoms with Crippen LogP contribution in [0.4, 0.5) is 0 Å². The molecule has 27 heavy (non-hydrogen) atoms. The van der Waals surface area contributed by atoms with Crippen molar-refractivity contribution < 1.29 is 4.74 Å². The molecule has 1 aromatic carbocycles. The number of hydrogen-bond acceptors (Lipinski definition) is 3. The number of rotatable bonds is 9. The molecule has 0 aromatic heterocycles. The third kappa shape index (κ3) is 8.25. The lowest BCUT2D eigenvalue weighted by molar-refractivity contribution is 0.229. The molecular formula is C21H37IN4O. The zero-order valence-electron chi connectivity index (χ0n) is 17.4. The highest BCUT2D eigenvalue weighted by molar-refractivity contribution is 14.0. The van der Waals surface area contributed by atoms with E-state index >= 15 is 0 Å². The first-order valence-corrected chi connectivity index (χ1v) is 10.1. The molecule has 0 spiro atoms. The predicted molar refractivity (Wildman–Crippen MR) is 125 cm³/mol. The fourth-order valence-corrected chi connectivity index (χ4v) is 3.43. The molecule has 1 saturated heterocycles. The van der Waals surface area contributed by atoms with Gasteiger partial charge in [-0.25, -0.2) is 4.99 Å². The molecule has 0 radical (unpaired) electrons. The zero-order chi connectivity index (χ0) is 18.8. The first-order valence-electron chi connectivity index (χ1n) is 10.1. The zero-order valence-corrected chi connectivity index (χ0v) is 19.7. The highest BCUT2D eigenvalue weighted by atomic mass is 127. The van der Waals surface area contributed by atoms with Crippen molar-refractivity contribution in [1.82, 2.24) is 15.1 Å². The van der Waals surface area contributed by atoms with E-state index in [2.05, 4.69) is 42.8 Å². The SMILES string of the molecule is CCNC(=NCC(C)Oc1ccccc1)N1CCC(CN(CC)CC)C1.I. The third-order valence-corrected chi connectivity index (χ3v) is 4.91. The summed E-state index contributed by atoms with van der Waals surface area (Å²) in [4.78, 5) is 9.77. The van der Waals surface area contributed by atoms with Crippen LogP contribution < -0.4 is 10.1 Å². The highest BCUT2D eigenvalue weighted by Crippen LogP contribution is 2.18. The number of nitrogens with zero attached hydrogens (tertiary/aromatic N) is 3. The van der Waals surface area contributed by atoms with E-state index in [-0.39, 0.29) is 30.1 Å². The smallest absolute Gasteiger partial charge is 0.194 e. The summed E-state index contributed by atoms with van der Waals surface area (Å²) in [5, 5.41) is 3.45. The van der Waals surface area contributed by atoms with Crippen LogP contribution in [-0.4, -0.2) is 67.7 Å². The van der Waals surface area contributed by atoms with Gasteiger partial charge in [-0.05, 0) is 51.4 Å². The van der Waals surface area contributed by atoms with E-state index < -0.39 is 0 Å². The molecule has 1 fully saturated rings. The molecule has 2 rings (SSSR count). The van der Waals surface area contributed by atoms with Gasteiger partial charge in [-0.15, -0.1) is 24.0 Å². The molecule has 0 saturated carbocycles. The Morgan fingerprint density at radius 1 is 1.26 bits per heavy atom. The third-order valence-electron chi connectivity index (χ3n) is 4.91. The summed E-state index contributed by atoms with van der Waals surface area (Å²) in [6, 6.07) is 9.97. The molecule has 0 aliphatic carbocycles. The van der Waals surface area contributed by atoms with E-state index in [1.54, 1.807) is 0 Å². The van der Waals surface area contributed by atoms with E-state index in [1.807, 2.05) is 30.3 Å². The van der Waals surface area contributed by atoms with E-state index in [9.17, 15) is 0 Å². The Bertz CT molecular complexity index is 536. The van der Waals surface area contributed by atoms with E-state index in [4.69, 9.17) is 9.73 Å². The fourth-order valence-electron chi connectivity index (χ4n) is 3.43. The Morgan fingerprint density at radius 2 is 1.96 bits per heavy atom. The topological polar surface area (TPSA) is 40.1 Å². The highest BCUT2D eigenvalue weighted by Gasteiger charge is 2.26. The summed E-state index contributed by atoms with van der Waals surface area (Å²) in [5.41, 5.74) is 0. The van der Waals surface area contributed by atoms with Crippen LogP contribution in [0.15, 0.2) is 35.3 Å². The molecular weight excluding hydrogens is 451 g/mol. The van der Waals surface area contributed by atoms with Crippen molar-refractivity contribution >= 4 is 29.9 Å². The fraction of sp³-hybridized carbons (Fsp3) is 0.667. The lowest BCUT2D eigenvalue weighted by Gasteiger charge is -2.24. The maximum atomic E-state index is 5.95. The minimum atomic E-state index is 0. The minimum absolute atomic E-state index is 0. The van der Waals surface area contributed by atoms with Gasteiger partial charge in [-0.1, -0.05) is 32.0 Å². The number of ether oxygens (including phenoxy) is 1. The second kappa shape index (κ2) is 13.2. The van der Waals surface area contributed by atoms with Crippen LogP contribution in [0.25, 0.3) is 0 Å². The first-order chi connectivity index (χ1) is 12.7. The van der Waals surface area contributed by atoms with Gasteiger partial charge in [0.25, 0.3) is 0 Å². The van der Waals surface area contributed by atoms with Gasteiger partial charge >= 0.3 is 0 Å². The summed E-state index contributed by atoms with van der Waals surface area (Å²) >= 11 is 0. The Hall–Kier alpha value is -1.02. The van der Waals surface area contributed by atoms with Crippen LogP contribution in [0.2, 0.25) is 0 Å². The number of benzene rings is 1. The number of likely N-dealkylation sites (tertiary alicyclic amines) is 1. The molecule has 1 aliphatic rings. The Kier molecular flexibility index (Phi) is 11.7. The van der Waals surface area contributed by atoms with Crippen molar-refractivity contribution in [3.8, 4) is 5.75 Å². The first kappa shape index (κ1) is 24.0. The summed E-state index contributed by atoms with van der Waals surface area (Å²) in [5.74, 6) is 2.66. The standard InChI is InChI=1S/C21H36N4O.HI/c1-5-22-21(23-15-18(4)26-20-11-9-8-10-12-20)25-14-13-19(17-25)16-24(6-2)7-3;/h8-12,18-19H,5-7,13-17H2,1-4H3,(H,22,23);1H. The molecule has 1 heterocycles. The number of nitrogens with one attached hydrogen (secondary N) is 1. The molecule has 0 bridgehead atoms. The van der Waals surface area contributed by atoms with Crippen LogP contribution >= 0.6 is 24.0 Å². The van der Waals surface area contributed by atoms with Gasteiger partial charge in [0, 0.05) is 26.2 Å². The quantitative estimate of drug-likeness (QED) is 0.327. The summed E-state index contributed by atoms with van der Waals surface area (Å²) in [7, 11) is 0. The molecule has 1 N–H and O–H groups in total. The number of hydrogen-bond donors (Lipinski definition) is 1. The number of guanidine groups is 1. The molecule has 1 aromatic rings. The predicted octanol–water partition coefficient (Wildman–Crippen LogP) is 3.70. The van der Waals surface area contributed by atoms with Crippen LogP contribution in [-0.2, 0) is 0 Å². The molecule has 154 valence electrons. The largest absolute Gasteiger partial charge is 0.489 e. The Labute approximate surface area is 182 Å². The van der Waals surface area contributed by atoms with Crippen molar-refractivity contribution in [2.45, 2.75) is 40.2 Å². The average molecular weight is 488 g/mol. The van der Waals surface area contributed by atoms with Crippen molar-refractivity contribution in [2.75, 3.05) is 45.8 Å². The maximum Gasteiger partial charge on any atom is 0.194 e. The monoisotopic (exact) mass is 488 g/mol. The summed E-state index contributed by atoms with van der Waals surface area (Å²) in [6.07, 6.45) is 1.30. The molecule has 1 aliphatic heterocycles. The maximum absolute atomic E-state index is 5.95. The van der Waals surface area contributed by atoms with Gasteiger partial charge in [0.2, 0.25) is 0 Å². The number of aliphatic imine (C=N–C) groups is 1. The van der Waals surface area contributed by atoms with E-state index in [1.165, 1.54) is 13.0 Å². The minimum Gasteiger partial charge on any atom is -0.489 e. The van der Waals surface area contributed by atoms with Gasteiger partial charge in [0.1, 0.15) is 11.9 Å². The second-order valence-electron chi connectivity index (χ2n) is 7.02. The molecule has 5 nitrogen and oxygen atoms in total. The molecule has 2 atom stereocenters. The van der Waals surface area contributed by atoms with Gasteiger partial charge in [-0.3, -0.25) is 0 Å². The normalized spacial score (nSPS) is 18.3. The van der Waals surface area contributed by atoms with Gasteiger partial charge in [-0.2, -0.15) is 0 Å². The van der Waals surface area contributed by atoms with Gasteiger partial charge < -0.3 is 19.9 Å². The number of halogens is 1. The number of para-hydroxylation sites is 1. The molecule has 0 amide bonds. The molecule has 2 unspecified atom stereocenters. The lowest BCUT2D eigenvalue weighted by Crippen LogP contribution is -2.41. The van der Waals surface area contributed by atoms with Crippen LogP contribution in [0.1, 0.15) is 34.1 Å². The lowest BCUT2D eigenvalue weighted by atomic mass is 10.1. The second-order valence-corrected chi connectivity index (χ2v) is 7.02. The van der Waals surface area contributed by atoms with Crippen molar-refractivity contribution in [1.29, 1.82) is 0 Å². The van der Waals surface area contributed by atoms with E-state index in [0.717, 1.165) is 50.4 Å². The van der Waals surface area contributed by atoms with Crippen molar-refractivity contribution in [3.63, 3.8) is 0 Å². The van der Waals surface area contributed by atoms with Gasteiger partial charge in [0.15, 0.2) is 5.96 Å². The van der Waals surface area contributed by atoms with Crippen molar-refractivity contribution in [3.05, 3.63) is 30.3 Å². The van der Waals surface area contributed by atoms with Crippen LogP contribution in [0.5, 0.6) is 5.75 Å². The van der Waals surface area contributed by atoms with Crippen molar-refractivity contribution in [2.24, 2.45) is 10.9 Å². The average Bonchev–Trinajstić information content (AvgIpc) is 3.12. The van der Waals surface area contributed by atoms with Gasteiger partial charge in [0.05, 0.1) is 6.54 Å². The van der Waals surface area contributed by atoms with Crippen LogP contribution in [0, 0.1) is 5.92 Å². The summed E-state index contributed by atoms with van der Waals surface area (Å²) in [6.45, 7) is 15.9. The Balaban J connectivity index is 0.00000364. The van der Waals surface area contributed by atoms with E-state index in [0.29, 0.717) is 6.54 Å². The summed E-state index contributed by atoms with van der Waals surface area (Å²) < 4.78 is 5.95. The van der Waals surface area contributed by atoms with Crippen LogP contribution in [0.3, 0.4) is 0 Å². The molecule has 6 heteroatoms.